The number of ether oxygens (including phenoxy) is 1. The fourth-order valence-corrected chi connectivity index (χ4v) is 7.07. The van der Waals surface area contributed by atoms with Gasteiger partial charge in [0.25, 0.3) is 0 Å². The van der Waals surface area contributed by atoms with Gasteiger partial charge in [0.05, 0.1) is 6.10 Å². The van der Waals surface area contributed by atoms with Crippen LogP contribution >= 0.6 is 0 Å². The molecule has 2 saturated carbocycles. The lowest BCUT2D eigenvalue weighted by molar-refractivity contribution is -0.0236. The molecule has 3 aliphatic carbocycles. The molecule has 0 spiro atoms. The average molecular weight is 425 g/mol. The SMILES string of the molecule is CCCCCCCc1ccc2c(c1)CCC(C1CCC3CC(OCCC)CCC3C1)C2. The van der Waals surface area contributed by atoms with E-state index in [2.05, 4.69) is 32.0 Å². The predicted molar refractivity (Wildman–Crippen MR) is 133 cm³/mol. The highest BCUT2D eigenvalue weighted by atomic mass is 16.5. The van der Waals surface area contributed by atoms with Crippen molar-refractivity contribution >= 4 is 0 Å². The Bertz CT molecular complexity index is 664. The van der Waals surface area contributed by atoms with Crippen molar-refractivity contribution in [1.82, 2.24) is 0 Å². The van der Waals surface area contributed by atoms with Crippen LogP contribution in [0.25, 0.3) is 0 Å². The third-order valence-corrected chi connectivity index (χ3v) is 8.94. The first-order valence-corrected chi connectivity index (χ1v) is 14.0. The quantitative estimate of drug-likeness (QED) is 0.343. The van der Waals surface area contributed by atoms with E-state index in [4.69, 9.17) is 4.74 Å². The Morgan fingerprint density at radius 2 is 1.52 bits per heavy atom. The number of hydrogen-bond acceptors (Lipinski definition) is 1. The van der Waals surface area contributed by atoms with Crippen molar-refractivity contribution in [3.63, 3.8) is 0 Å². The summed E-state index contributed by atoms with van der Waals surface area (Å²) < 4.78 is 6.11. The summed E-state index contributed by atoms with van der Waals surface area (Å²) >= 11 is 0. The van der Waals surface area contributed by atoms with Crippen LogP contribution in [0, 0.1) is 23.7 Å². The standard InChI is InChI=1S/C30H48O/c1-3-5-6-7-8-9-23-10-11-25-20-26(13-12-24(25)19-23)27-14-15-29-22-30(31-18-4-2)17-16-28(29)21-27/h10-11,19,26-30H,3-9,12-18,20-22H2,1-2H3. The minimum atomic E-state index is 0.570. The van der Waals surface area contributed by atoms with E-state index in [9.17, 15) is 0 Å². The summed E-state index contributed by atoms with van der Waals surface area (Å²) in [5.74, 6) is 3.89. The molecule has 5 atom stereocenters. The fourth-order valence-electron chi connectivity index (χ4n) is 7.07. The Kier molecular flexibility index (Phi) is 8.94. The Hall–Kier alpha value is -0.820. The van der Waals surface area contributed by atoms with Crippen LogP contribution in [0.5, 0.6) is 0 Å². The summed E-state index contributed by atoms with van der Waals surface area (Å²) in [6.45, 7) is 5.50. The van der Waals surface area contributed by atoms with Crippen LogP contribution in [0.15, 0.2) is 18.2 Å². The van der Waals surface area contributed by atoms with E-state index in [1.807, 2.05) is 0 Å². The summed E-state index contributed by atoms with van der Waals surface area (Å²) in [4.78, 5) is 0. The van der Waals surface area contributed by atoms with Gasteiger partial charge in [-0.2, -0.15) is 0 Å². The Balaban J connectivity index is 1.25. The van der Waals surface area contributed by atoms with Crippen LogP contribution in [0.3, 0.4) is 0 Å². The van der Waals surface area contributed by atoms with E-state index >= 15 is 0 Å². The molecule has 3 aliphatic rings. The Morgan fingerprint density at radius 1 is 0.742 bits per heavy atom. The highest BCUT2D eigenvalue weighted by molar-refractivity contribution is 5.34. The molecule has 1 nitrogen and oxygen atoms in total. The molecule has 5 unspecified atom stereocenters. The van der Waals surface area contributed by atoms with Gasteiger partial charge in [-0.05, 0) is 117 Å². The van der Waals surface area contributed by atoms with Crippen molar-refractivity contribution in [3.05, 3.63) is 34.9 Å². The van der Waals surface area contributed by atoms with Gasteiger partial charge >= 0.3 is 0 Å². The summed E-state index contributed by atoms with van der Waals surface area (Å²) in [6.07, 6.45) is 22.7. The first-order valence-electron chi connectivity index (χ1n) is 14.0. The number of fused-ring (bicyclic) bond motifs is 2. The zero-order chi connectivity index (χ0) is 21.5. The number of rotatable bonds is 10. The maximum absolute atomic E-state index is 6.11. The predicted octanol–water partition coefficient (Wildman–Crippen LogP) is 8.32. The second-order valence-electron chi connectivity index (χ2n) is 11.2. The lowest BCUT2D eigenvalue weighted by Gasteiger charge is -2.45. The minimum absolute atomic E-state index is 0.570. The zero-order valence-electron chi connectivity index (χ0n) is 20.5. The number of benzene rings is 1. The number of aryl methyl sites for hydroxylation is 2. The summed E-state index contributed by atoms with van der Waals surface area (Å²) in [7, 11) is 0. The smallest absolute Gasteiger partial charge is 0.0578 e. The van der Waals surface area contributed by atoms with Crippen LogP contribution in [0.2, 0.25) is 0 Å². The van der Waals surface area contributed by atoms with Gasteiger partial charge in [0.15, 0.2) is 0 Å². The molecule has 31 heavy (non-hydrogen) atoms. The first kappa shape index (κ1) is 23.3. The van der Waals surface area contributed by atoms with E-state index in [-0.39, 0.29) is 0 Å². The molecule has 1 aromatic rings. The van der Waals surface area contributed by atoms with Crippen molar-refractivity contribution in [3.8, 4) is 0 Å². The molecule has 0 heterocycles. The van der Waals surface area contributed by atoms with Gasteiger partial charge in [-0.1, -0.05) is 57.7 Å². The lowest BCUT2D eigenvalue weighted by Crippen LogP contribution is -2.37. The van der Waals surface area contributed by atoms with Crippen LogP contribution < -0.4 is 0 Å². The maximum Gasteiger partial charge on any atom is 0.0578 e. The van der Waals surface area contributed by atoms with E-state index in [1.54, 1.807) is 16.7 Å². The van der Waals surface area contributed by atoms with Crippen molar-refractivity contribution in [1.29, 1.82) is 0 Å². The molecule has 0 aromatic heterocycles. The molecular formula is C30H48O. The second-order valence-corrected chi connectivity index (χ2v) is 11.2. The van der Waals surface area contributed by atoms with Gasteiger partial charge in [0.2, 0.25) is 0 Å². The highest BCUT2D eigenvalue weighted by Crippen LogP contribution is 2.47. The molecule has 1 aromatic carbocycles. The molecule has 0 aliphatic heterocycles. The van der Waals surface area contributed by atoms with E-state index < -0.39 is 0 Å². The van der Waals surface area contributed by atoms with Gasteiger partial charge in [-0.25, -0.2) is 0 Å². The molecule has 1 heteroatoms. The van der Waals surface area contributed by atoms with E-state index in [1.165, 1.54) is 96.3 Å². The van der Waals surface area contributed by atoms with Crippen LogP contribution in [0.1, 0.15) is 114 Å². The van der Waals surface area contributed by atoms with Gasteiger partial charge in [-0.15, -0.1) is 0 Å². The summed E-state index contributed by atoms with van der Waals surface area (Å²) in [6, 6.07) is 7.53. The van der Waals surface area contributed by atoms with Gasteiger partial charge in [-0.3, -0.25) is 0 Å². The number of unbranched alkanes of at least 4 members (excludes halogenated alkanes) is 4. The molecule has 0 amide bonds. The van der Waals surface area contributed by atoms with E-state index in [0.29, 0.717) is 6.10 Å². The van der Waals surface area contributed by atoms with Crippen LogP contribution in [-0.2, 0) is 24.0 Å². The Morgan fingerprint density at radius 3 is 2.35 bits per heavy atom. The normalized spacial score (nSPS) is 30.6. The molecule has 0 N–H and O–H groups in total. The average Bonchev–Trinajstić information content (AvgIpc) is 2.81. The number of hydrogen-bond donors (Lipinski definition) is 0. The molecular weight excluding hydrogens is 376 g/mol. The summed E-state index contributed by atoms with van der Waals surface area (Å²) in [5, 5.41) is 0. The van der Waals surface area contributed by atoms with Crippen molar-refractivity contribution in [2.24, 2.45) is 23.7 Å². The molecule has 0 radical (unpaired) electrons. The maximum atomic E-state index is 6.11. The van der Waals surface area contributed by atoms with Crippen molar-refractivity contribution in [2.45, 2.75) is 123 Å². The van der Waals surface area contributed by atoms with Crippen molar-refractivity contribution < 1.29 is 4.74 Å². The third-order valence-electron chi connectivity index (χ3n) is 8.94. The minimum Gasteiger partial charge on any atom is -0.378 e. The van der Waals surface area contributed by atoms with Gasteiger partial charge in [0, 0.05) is 6.61 Å². The molecule has 174 valence electrons. The Labute approximate surface area is 192 Å². The zero-order valence-corrected chi connectivity index (χ0v) is 20.5. The monoisotopic (exact) mass is 424 g/mol. The van der Waals surface area contributed by atoms with Gasteiger partial charge < -0.3 is 4.74 Å². The topological polar surface area (TPSA) is 9.23 Å². The molecule has 2 fully saturated rings. The van der Waals surface area contributed by atoms with Gasteiger partial charge in [0.1, 0.15) is 0 Å². The van der Waals surface area contributed by atoms with E-state index in [0.717, 1.165) is 36.7 Å². The summed E-state index contributed by atoms with van der Waals surface area (Å²) in [5.41, 5.74) is 4.96. The molecule has 4 rings (SSSR count). The lowest BCUT2D eigenvalue weighted by atomic mass is 9.62. The third kappa shape index (κ3) is 6.37. The van der Waals surface area contributed by atoms with Crippen LogP contribution in [-0.4, -0.2) is 12.7 Å². The fraction of sp³-hybridized carbons (Fsp3) is 0.800. The van der Waals surface area contributed by atoms with Crippen molar-refractivity contribution in [2.75, 3.05) is 6.61 Å². The van der Waals surface area contributed by atoms with Crippen LogP contribution in [0.4, 0.5) is 0 Å². The molecule has 0 saturated heterocycles. The first-order chi connectivity index (χ1) is 15.3. The largest absolute Gasteiger partial charge is 0.378 e. The highest BCUT2D eigenvalue weighted by Gasteiger charge is 2.38. The second kappa shape index (κ2) is 11.9. The molecule has 0 bridgehead atoms.